The molecule has 0 aliphatic heterocycles. The first kappa shape index (κ1) is 32.6. The molecule has 0 aliphatic rings. The molecule has 0 aliphatic carbocycles. The highest BCUT2D eigenvalue weighted by Crippen LogP contribution is 2.45. The third kappa shape index (κ3) is 5.68. The van der Waals surface area contributed by atoms with E-state index in [9.17, 15) is 0 Å². The molecule has 0 radical (unpaired) electrons. The Balaban J connectivity index is 1.15. The van der Waals surface area contributed by atoms with Gasteiger partial charge in [-0.05, 0) is 70.8 Å². The smallest absolute Gasteiger partial charge is 0.160 e. The van der Waals surface area contributed by atoms with E-state index >= 15 is 0 Å². The van der Waals surface area contributed by atoms with Crippen molar-refractivity contribution in [2.24, 2.45) is 0 Å². The predicted octanol–water partition coefficient (Wildman–Crippen LogP) is 14.6. The quantitative estimate of drug-likeness (QED) is 0.170. The van der Waals surface area contributed by atoms with Crippen molar-refractivity contribution >= 4 is 63.0 Å². The molecule has 0 spiro atoms. The van der Waals surface area contributed by atoms with Gasteiger partial charge in [-0.2, -0.15) is 0 Å². The number of rotatable bonds is 6. The number of hydrogen-bond acceptors (Lipinski definition) is 5. The minimum absolute atomic E-state index is 0.692. The highest BCUT2D eigenvalue weighted by molar-refractivity contribution is 7.26. The molecule has 4 heterocycles. The summed E-state index contributed by atoms with van der Waals surface area (Å²) in [7, 11) is 0. The molecule has 11 rings (SSSR count). The zero-order valence-electron chi connectivity index (χ0n) is 30.1. The summed E-state index contributed by atoms with van der Waals surface area (Å²) in [6.07, 6.45) is 1.83. The summed E-state index contributed by atoms with van der Waals surface area (Å²) in [5, 5.41) is 5.16. The minimum atomic E-state index is 0.692. The number of pyridine rings is 1. The van der Waals surface area contributed by atoms with E-state index in [1.54, 1.807) is 0 Å². The average Bonchev–Trinajstić information content (AvgIpc) is 3.86. The van der Waals surface area contributed by atoms with Crippen LogP contribution in [0.5, 0.6) is 0 Å². The Morgan fingerprint density at radius 2 is 0.821 bits per heavy atom. The third-order valence-corrected chi connectivity index (χ3v) is 13.0. The molecule has 3 nitrogen and oxygen atoms in total. The third-order valence-electron chi connectivity index (χ3n) is 10.6. The van der Waals surface area contributed by atoms with Crippen LogP contribution in [-0.4, -0.2) is 15.0 Å². The fraction of sp³-hybridized carbons (Fsp3) is 0. The van der Waals surface area contributed by atoms with Gasteiger partial charge in [0.05, 0.1) is 17.1 Å². The molecule has 0 unspecified atom stereocenters. The van der Waals surface area contributed by atoms with E-state index in [0.717, 1.165) is 50.5 Å². The van der Waals surface area contributed by atoms with Crippen LogP contribution in [0, 0.1) is 0 Å². The summed E-state index contributed by atoms with van der Waals surface area (Å²) in [5.74, 6) is 0.692. The molecule has 56 heavy (non-hydrogen) atoms. The van der Waals surface area contributed by atoms with E-state index in [1.807, 2.05) is 65.3 Å². The minimum Gasteiger partial charge on any atom is -0.256 e. The van der Waals surface area contributed by atoms with Crippen molar-refractivity contribution in [3.8, 4) is 67.4 Å². The van der Waals surface area contributed by atoms with Crippen LogP contribution in [0.4, 0.5) is 0 Å². The van der Waals surface area contributed by atoms with Gasteiger partial charge in [-0.25, -0.2) is 9.97 Å². The normalized spacial score (nSPS) is 11.6. The van der Waals surface area contributed by atoms with Gasteiger partial charge in [0.2, 0.25) is 0 Å². The molecule has 0 fully saturated rings. The van der Waals surface area contributed by atoms with E-state index in [4.69, 9.17) is 9.97 Å². The average molecular weight is 750 g/mol. The van der Waals surface area contributed by atoms with Crippen molar-refractivity contribution in [2.75, 3.05) is 0 Å². The Morgan fingerprint density at radius 1 is 0.321 bits per heavy atom. The maximum absolute atomic E-state index is 5.31. The number of nitrogens with zero attached hydrogens (tertiary/aromatic N) is 3. The maximum atomic E-state index is 5.31. The summed E-state index contributed by atoms with van der Waals surface area (Å²) in [4.78, 5) is 15.0. The molecular weight excluding hydrogens is 719 g/mol. The second-order valence-corrected chi connectivity index (χ2v) is 16.1. The molecule has 0 atom stereocenters. The van der Waals surface area contributed by atoms with Crippen molar-refractivity contribution in [1.82, 2.24) is 15.0 Å². The topological polar surface area (TPSA) is 38.7 Å². The van der Waals surface area contributed by atoms with Crippen molar-refractivity contribution in [3.63, 3.8) is 0 Å². The van der Waals surface area contributed by atoms with Gasteiger partial charge in [0, 0.05) is 68.8 Å². The molecular formula is C51H31N3S2. The fourth-order valence-corrected chi connectivity index (χ4v) is 10.3. The molecule has 4 aromatic heterocycles. The van der Waals surface area contributed by atoms with Crippen LogP contribution in [0.2, 0.25) is 0 Å². The number of thiophene rings is 2. The zero-order valence-corrected chi connectivity index (χ0v) is 31.7. The van der Waals surface area contributed by atoms with Gasteiger partial charge in [0.15, 0.2) is 5.82 Å². The summed E-state index contributed by atoms with van der Waals surface area (Å²) >= 11 is 3.73. The standard InChI is InChI=1S/C51H31N3S2/c1-2-12-34(13-3-1)51-53-45(33-25-23-32(24-26-33)44-20-8-9-27-52-44)31-46(54-51)37-29-35(38-16-10-18-42-40-14-4-6-21-47(40)55-49(38)42)28-36(30-37)39-17-11-19-43-41-15-5-7-22-48(41)56-50(39)43/h1-31H. The first-order chi connectivity index (χ1) is 27.7. The largest absolute Gasteiger partial charge is 0.256 e. The monoisotopic (exact) mass is 749 g/mol. The summed E-state index contributed by atoms with van der Waals surface area (Å²) in [5.41, 5.74) is 11.5. The van der Waals surface area contributed by atoms with Crippen LogP contribution in [0.3, 0.4) is 0 Å². The lowest BCUT2D eigenvalue weighted by molar-refractivity contribution is 1.18. The van der Waals surface area contributed by atoms with Crippen LogP contribution in [0.25, 0.3) is 108 Å². The van der Waals surface area contributed by atoms with Crippen molar-refractivity contribution in [2.45, 2.75) is 0 Å². The molecule has 0 amide bonds. The highest BCUT2D eigenvalue weighted by Gasteiger charge is 2.18. The van der Waals surface area contributed by atoms with Gasteiger partial charge in [0.1, 0.15) is 0 Å². The molecule has 0 saturated carbocycles. The molecule has 5 heteroatoms. The van der Waals surface area contributed by atoms with Crippen molar-refractivity contribution in [3.05, 3.63) is 188 Å². The fourth-order valence-electron chi connectivity index (χ4n) is 7.84. The number of fused-ring (bicyclic) bond motifs is 6. The highest BCUT2D eigenvalue weighted by atomic mass is 32.1. The van der Waals surface area contributed by atoms with Crippen LogP contribution in [-0.2, 0) is 0 Å². The molecule has 11 aromatic rings. The van der Waals surface area contributed by atoms with Crippen LogP contribution in [0.15, 0.2) is 188 Å². The Labute approximate surface area is 331 Å². The molecule has 262 valence electrons. The first-order valence-corrected chi connectivity index (χ1v) is 20.3. The van der Waals surface area contributed by atoms with Gasteiger partial charge in [0.25, 0.3) is 0 Å². The summed E-state index contributed by atoms with van der Waals surface area (Å²) in [6, 6.07) is 64.8. The molecule has 0 N–H and O–H groups in total. The summed E-state index contributed by atoms with van der Waals surface area (Å²) < 4.78 is 5.17. The zero-order chi connectivity index (χ0) is 37.0. The number of aromatic nitrogens is 3. The SMILES string of the molecule is c1ccc(-c2nc(-c3ccc(-c4ccccn4)cc3)cc(-c3cc(-c4cccc5c4sc4ccccc45)cc(-c4cccc5c4sc4ccccc45)c3)n2)cc1. The van der Waals surface area contributed by atoms with Gasteiger partial charge in [-0.3, -0.25) is 4.98 Å². The van der Waals surface area contributed by atoms with Crippen LogP contribution < -0.4 is 0 Å². The molecule has 0 bridgehead atoms. The predicted molar refractivity (Wildman–Crippen MR) is 238 cm³/mol. The van der Waals surface area contributed by atoms with Gasteiger partial charge >= 0.3 is 0 Å². The second kappa shape index (κ2) is 13.5. The van der Waals surface area contributed by atoms with Crippen LogP contribution >= 0.6 is 22.7 Å². The number of hydrogen-bond donors (Lipinski definition) is 0. The van der Waals surface area contributed by atoms with Gasteiger partial charge in [-0.15, -0.1) is 22.7 Å². The first-order valence-electron chi connectivity index (χ1n) is 18.7. The van der Waals surface area contributed by atoms with E-state index in [0.29, 0.717) is 5.82 Å². The van der Waals surface area contributed by atoms with E-state index in [1.165, 1.54) is 51.5 Å². The Morgan fingerprint density at radius 3 is 1.41 bits per heavy atom. The summed E-state index contributed by atoms with van der Waals surface area (Å²) in [6.45, 7) is 0. The van der Waals surface area contributed by atoms with E-state index in [-0.39, 0.29) is 0 Å². The Hall–Kier alpha value is -6.79. The lowest BCUT2D eigenvalue weighted by Gasteiger charge is -2.14. The Kier molecular flexibility index (Phi) is 7.87. The van der Waals surface area contributed by atoms with E-state index in [2.05, 4.69) is 151 Å². The Bertz CT molecular complexity index is 3110. The van der Waals surface area contributed by atoms with Crippen LogP contribution in [0.1, 0.15) is 0 Å². The lowest BCUT2D eigenvalue weighted by atomic mass is 9.93. The number of benzene rings is 7. The van der Waals surface area contributed by atoms with Crippen molar-refractivity contribution in [1.29, 1.82) is 0 Å². The van der Waals surface area contributed by atoms with Gasteiger partial charge < -0.3 is 0 Å². The van der Waals surface area contributed by atoms with E-state index < -0.39 is 0 Å². The second-order valence-electron chi connectivity index (χ2n) is 14.0. The lowest BCUT2D eigenvalue weighted by Crippen LogP contribution is -1.96. The maximum Gasteiger partial charge on any atom is 0.160 e. The molecule has 0 saturated heterocycles. The molecule has 7 aromatic carbocycles. The van der Waals surface area contributed by atoms with Crippen molar-refractivity contribution < 1.29 is 0 Å². The van der Waals surface area contributed by atoms with Gasteiger partial charge in [-0.1, -0.05) is 133 Å².